The Hall–Kier alpha value is -1.56. The predicted octanol–water partition coefficient (Wildman–Crippen LogP) is 2.76. The van der Waals surface area contributed by atoms with Gasteiger partial charge in [-0.3, -0.25) is 9.69 Å². The highest BCUT2D eigenvalue weighted by Crippen LogP contribution is 2.21. The summed E-state index contributed by atoms with van der Waals surface area (Å²) in [7, 11) is 0. The first kappa shape index (κ1) is 15.8. The summed E-state index contributed by atoms with van der Waals surface area (Å²) in [5, 5.41) is 4.87. The summed E-state index contributed by atoms with van der Waals surface area (Å²) in [6.45, 7) is 6.56. The van der Waals surface area contributed by atoms with Crippen molar-refractivity contribution in [1.29, 1.82) is 0 Å². The predicted molar refractivity (Wildman–Crippen MR) is 82.1 cm³/mol. The van der Waals surface area contributed by atoms with Crippen molar-refractivity contribution in [3.05, 3.63) is 22.4 Å². The number of nitrogens with one attached hydrogen (secondary N) is 1. The number of carbonyl (C=O) groups excluding carboxylic acids is 2. The van der Waals surface area contributed by atoms with Gasteiger partial charge in [-0.1, -0.05) is 6.07 Å². The van der Waals surface area contributed by atoms with Crippen molar-refractivity contribution >= 4 is 23.3 Å². The molecular formula is C15H22N2O3S. The molecule has 5 nitrogen and oxygen atoms in total. The SMILES string of the molecule is CC(C)(C)OC(=O)N1CCC[C@@H]1C(=O)NCc1cccs1. The van der Waals surface area contributed by atoms with Crippen LogP contribution in [0.5, 0.6) is 0 Å². The average molecular weight is 310 g/mol. The van der Waals surface area contributed by atoms with Crippen LogP contribution in [0.3, 0.4) is 0 Å². The average Bonchev–Trinajstić information content (AvgIpc) is 3.05. The molecule has 1 aromatic rings. The first-order chi connectivity index (χ1) is 9.87. The summed E-state index contributed by atoms with van der Waals surface area (Å²) in [4.78, 5) is 27.0. The van der Waals surface area contributed by atoms with Crippen LogP contribution in [0.2, 0.25) is 0 Å². The number of rotatable bonds is 3. The molecule has 0 spiro atoms. The molecule has 0 saturated carbocycles. The van der Waals surface area contributed by atoms with E-state index < -0.39 is 17.7 Å². The highest BCUT2D eigenvalue weighted by atomic mass is 32.1. The molecule has 0 unspecified atom stereocenters. The monoisotopic (exact) mass is 310 g/mol. The van der Waals surface area contributed by atoms with E-state index in [1.807, 2.05) is 38.3 Å². The van der Waals surface area contributed by atoms with Crippen LogP contribution in [-0.2, 0) is 16.1 Å². The van der Waals surface area contributed by atoms with Gasteiger partial charge in [0.2, 0.25) is 5.91 Å². The van der Waals surface area contributed by atoms with Crippen molar-refractivity contribution < 1.29 is 14.3 Å². The van der Waals surface area contributed by atoms with E-state index in [0.717, 1.165) is 11.3 Å². The molecule has 1 saturated heterocycles. The topological polar surface area (TPSA) is 58.6 Å². The highest BCUT2D eigenvalue weighted by molar-refractivity contribution is 7.09. The number of thiophene rings is 1. The summed E-state index contributed by atoms with van der Waals surface area (Å²) in [5.41, 5.74) is -0.544. The summed E-state index contributed by atoms with van der Waals surface area (Å²) in [6.07, 6.45) is 1.11. The van der Waals surface area contributed by atoms with E-state index in [1.54, 1.807) is 11.3 Å². The van der Waals surface area contributed by atoms with Crippen LogP contribution >= 0.6 is 11.3 Å². The van der Waals surface area contributed by atoms with E-state index in [0.29, 0.717) is 19.5 Å². The van der Waals surface area contributed by atoms with Crippen LogP contribution in [0, 0.1) is 0 Å². The Bertz CT molecular complexity index is 494. The number of hydrogen-bond donors (Lipinski definition) is 1. The third kappa shape index (κ3) is 4.46. The van der Waals surface area contributed by atoms with Gasteiger partial charge in [0.1, 0.15) is 11.6 Å². The van der Waals surface area contributed by atoms with Crippen LogP contribution in [0.25, 0.3) is 0 Å². The maximum atomic E-state index is 12.3. The maximum Gasteiger partial charge on any atom is 0.410 e. The highest BCUT2D eigenvalue weighted by Gasteiger charge is 2.36. The Balaban J connectivity index is 1.91. The molecule has 1 atom stereocenters. The van der Waals surface area contributed by atoms with Gasteiger partial charge < -0.3 is 10.1 Å². The van der Waals surface area contributed by atoms with Crippen molar-refractivity contribution in [3.8, 4) is 0 Å². The first-order valence-corrected chi connectivity index (χ1v) is 8.04. The van der Waals surface area contributed by atoms with Crippen molar-refractivity contribution in [2.24, 2.45) is 0 Å². The Morgan fingerprint density at radius 1 is 1.48 bits per heavy atom. The molecule has 21 heavy (non-hydrogen) atoms. The largest absolute Gasteiger partial charge is 0.444 e. The zero-order valence-electron chi connectivity index (χ0n) is 12.7. The smallest absolute Gasteiger partial charge is 0.410 e. The lowest BCUT2D eigenvalue weighted by molar-refractivity contribution is -0.125. The second kappa shape index (κ2) is 6.47. The van der Waals surface area contributed by atoms with Gasteiger partial charge in [0, 0.05) is 11.4 Å². The van der Waals surface area contributed by atoms with Crippen LogP contribution in [0.15, 0.2) is 17.5 Å². The molecule has 1 N–H and O–H groups in total. The summed E-state index contributed by atoms with van der Waals surface area (Å²) < 4.78 is 5.36. The molecule has 0 aliphatic carbocycles. The first-order valence-electron chi connectivity index (χ1n) is 7.16. The summed E-state index contributed by atoms with van der Waals surface area (Å²) in [5.74, 6) is -0.105. The van der Waals surface area contributed by atoms with Gasteiger partial charge in [0.15, 0.2) is 0 Å². The fourth-order valence-corrected chi connectivity index (χ4v) is 2.93. The summed E-state index contributed by atoms with van der Waals surface area (Å²) >= 11 is 1.60. The van der Waals surface area contributed by atoms with Crippen molar-refractivity contribution in [1.82, 2.24) is 10.2 Å². The van der Waals surface area contributed by atoms with E-state index in [1.165, 1.54) is 4.90 Å². The zero-order chi connectivity index (χ0) is 15.5. The van der Waals surface area contributed by atoms with Gasteiger partial charge in [-0.2, -0.15) is 0 Å². The van der Waals surface area contributed by atoms with E-state index in [4.69, 9.17) is 4.74 Å². The molecule has 1 fully saturated rings. The van der Waals surface area contributed by atoms with Gasteiger partial charge >= 0.3 is 6.09 Å². The van der Waals surface area contributed by atoms with E-state index >= 15 is 0 Å². The third-order valence-electron chi connectivity index (χ3n) is 3.20. The molecule has 1 aliphatic heterocycles. The minimum atomic E-state index is -0.544. The minimum Gasteiger partial charge on any atom is -0.444 e. The number of carbonyl (C=O) groups is 2. The van der Waals surface area contributed by atoms with Crippen LogP contribution in [0.4, 0.5) is 4.79 Å². The fraction of sp³-hybridized carbons (Fsp3) is 0.600. The number of nitrogens with zero attached hydrogens (tertiary/aromatic N) is 1. The van der Waals surface area contributed by atoms with Gasteiger partial charge in [0.25, 0.3) is 0 Å². The van der Waals surface area contributed by atoms with Crippen molar-refractivity contribution in [3.63, 3.8) is 0 Å². The molecule has 2 heterocycles. The van der Waals surface area contributed by atoms with Crippen molar-refractivity contribution in [2.75, 3.05) is 6.54 Å². The zero-order valence-corrected chi connectivity index (χ0v) is 13.5. The number of amides is 2. The Labute approximate surface area is 129 Å². The number of likely N-dealkylation sites (tertiary alicyclic amines) is 1. The molecular weight excluding hydrogens is 288 g/mol. The lowest BCUT2D eigenvalue weighted by Gasteiger charge is -2.28. The molecule has 6 heteroatoms. The third-order valence-corrected chi connectivity index (χ3v) is 4.08. The fourth-order valence-electron chi connectivity index (χ4n) is 2.28. The second-order valence-corrected chi connectivity index (χ2v) is 7.16. The molecule has 2 amide bonds. The molecule has 1 aliphatic rings. The van der Waals surface area contributed by atoms with E-state index in [2.05, 4.69) is 5.32 Å². The normalized spacial score (nSPS) is 18.6. The Morgan fingerprint density at radius 2 is 2.24 bits per heavy atom. The van der Waals surface area contributed by atoms with Gasteiger partial charge in [0.05, 0.1) is 6.54 Å². The lowest BCUT2D eigenvalue weighted by Crippen LogP contribution is -2.47. The minimum absolute atomic E-state index is 0.105. The van der Waals surface area contributed by atoms with Gasteiger partial charge in [-0.05, 0) is 45.1 Å². The van der Waals surface area contributed by atoms with Crippen LogP contribution in [0.1, 0.15) is 38.5 Å². The molecule has 1 aromatic heterocycles. The van der Waals surface area contributed by atoms with Gasteiger partial charge in [-0.25, -0.2) is 4.79 Å². The maximum absolute atomic E-state index is 12.3. The molecule has 0 bridgehead atoms. The number of hydrogen-bond acceptors (Lipinski definition) is 4. The van der Waals surface area contributed by atoms with Crippen LogP contribution in [-0.4, -0.2) is 35.1 Å². The van der Waals surface area contributed by atoms with E-state index in [-0.39, 0.29) is 5.91 Å². The number of ether oxygens (including phenoxy) is 1. The Morgan fingerprint density at radius 3 is 2.86 bits per heavy atom. The molecule has 2 rings (SSSR count). The quantitative estimate of drug-likeness (QED) is 0.934. The molecule has 0 radical (unpaired) electrons. The Kier molecular flexibility index (Phi) is 4.88. The second-order valence-electron chi connectivity index (χ2n) is 6.13. The molecule has 0 aromatic carbocycles. The summed E-state index contributed by atoms with van der Waals surface area (Å²) in [6, 6.07) is 3.51. The molecule has 116 valence electrons. The van der Waals surface area contributed by atoms with Gasteiger partial charge in [-0.15, -0.1) is 11.3 Å². The lowest BCUT2D eigenvalue weighted by atomic mass is 10.2. The van der Waals surface area contributed by atoms with Crippen LogP contribution < -0.4 is 5.32 Å². The standard InChI is InChI=1S/C15H22N2O3S/c1-15(2,3)20-14(19)17-8-4-7-12(17)13(18)16-10-11-6-5-9-21-11/h5-6,9,12H,4,7-8,10H2,1-3H3,(H,16,18)/t12-/m1/s1. The van der Waals surface area contributed by atoms with E-state index in [9.17, 15) is 9.59 Å². The van der Waals surface area contributed by atoms with Crippen molar-refractivity contribution in [2.45, 2.75) is 51.8 Å².